The van der Waals surface area contributed by atoms with Crippen LogP contribution in [0.3, 0.4) is 0 Å². The van der Waals surface area contributed by atoms with E-state index in [9.17, 15) is 0 Å². The predicted octanol–water partition coefficient (Wildman–Crippen LogP) is 3.77. The van der Waals surface area contributed by atoms with E-state index < -0.39 is 0 Å². The number of hydrogen-bond acceptors (Lipinski definition) is 1. The van der Waals surface area contributed by atoms with Gasteiger partial charge in [0.1, 0.15) is 0 Å². The van der Waals surface area contributed by atoms with Gasteiger partial charge in [0.2, 0.25) is 0 Å². The van der Waals surface area contributed by atoms with Crippen LogP contribution in [0.15, 0.2) is 24.3 Å². The molecule has 0 spiro atoms. The Morgan fingerprint density at radius 2 is 2.12 bits per heavy atom. The van der Waals surface area contributed by atoms with Crippen molar-refractivity contribution in [1.82, 2.24) is 4.57 Å². The van der Waals surface area contributed by atoms with Crippen molar-refractivity contribution >= 4 is 22.5 Å². The molecule has 0 saturated heterocycles. The molecule has 2 nitrogen and oxygen atoms in total. The topological polar surface area (TPSA) is 30.9 Å². The normalized spacial score (nSPS) is 11.6. The first-order chi connectivity index (χ1) is 8.15. The molecule has 3 heteroatoms. The second-order valence-corrected chi connectivity index (χ2v) is 5.08. The zero-order valence-electron chi connectivity index (χ0n) is 10.4. The highest BCUT2D eigenvalue weighted by Gasteiger charge is 2.13. The lowest BCUT2D eigenvalue weighted by molar-refractivity contribution is 0.587. The molecule has 1 aromatic heterocycles. The van der Waals surface area contributed by atoms with Crippen LogP contribution in [0.5, 0.6) is 0 Å². The first-order valence-corrected chi connectivity index (χ1v) is 6.51. The molecule has 0 aliphatic rings. The molecule has 92 valence electrons. The van der Waals surface area contributed by atoms with E-state index in [4.69, 9.17) is 17.3 Å². The number of fused-ring (bicyclic) bond motifs is 1. The smallest absolute Gasteiger partial charge is 0.0674 e. The third kappa shape index (κ3) is 2.33. The van der Waals surface area contributed by atoms with Gasteiger partial charge in [-0.15, -0.1) is 0 Å². The minimum atomic E-state index is 0.417. The Morgan fingerprint density at radius 3 is 2.76 bits per heavy atom. The summed E-state index contributed by atoms with van der Waals surface area (Å²) in [4.78, 5) is 0. The molecular formula is C14H19ClN2. The Bertz CT molecular complexity index is 514. The number of hydrogen-bond donors (Lipinski definition) is 1. The van der Waals surface area contributed by atoms with E-state index in [0.717, 1.165) is 29.9 Å². The van der Waals surface area contributed by atoms with Gasteiger partial charge in [-0.05, 0) is 45.4 Å². The van der Waals surface area contributed by atoms with Gasteiger partial charge in [0.15, 0.2) is 0 Å². The largest absolute Gasteiger partial charge is 0.341 e. The second kappa shape index (κ2) is 5.11. The molecule has 0 atom stereocenters. The number of para-hydroxylation sites is 1. The van der Waals surface area contributed by atoms with E-state index >= 15 is 0 Å². The number of nitrogens with zero attached hydrogens (tertiary/aromatic N) is 1. The van der Waals surface area contributed by atoms with Crippen LogP contribution in [0.4, 0.5) is 0 Å². The molecule has 0 fully saturated rings. The summed E-state index contributed by atoms with van der Waals surface area (Å²) in [7, 11) is 0. The van der Waals surface area contributed by atoms with Gasteiger partial charge in [-0.2, -0.15) is 0 Å². The molecule has 0 amide bonds. The molecule has 1 heterocycles. The SMILES string of the molecule is CC(C)n1c(CCCN)cc2cccc(Cl)c21. The van der Waals surface area contributed by atoms with Gasteiger partial charge in [0.25, 0.3) is 0 Å². The Labute approximate surface area is 107 Å². The van der Waals surface area contributed by atoms with Crippen LogP contribution in [-0.2, 0) is 6.42 Å². The molecule has 0 bridgehead atoms. The standard InChI is InChI=1S/C14H19ClN2/c1-10(2)17-12(6-4-8-16)9-11-5-3-7-13(15)14(11)17/h3,5,7,9-10H,4,6,8,16H2,1-2H3. The predicted molar refractivity (Wildman–Crippen MR) is 74.7 cm³/mol. The van der Waals surface area contributed by atoms with Gasteiger partial charge < -0.3 is 10.3 Å². The third-order valence-electron chi connectivity index (χ3n) is 3.04. The molecule has 17 heavy (non-hydrogen) atoms. The highest BCUT2D eigenvalue weighted by Crippen LogP contribution is 2.30. The van der Waals surface area contributed by atoms with Crippen molar-refractivity contribution in [2.45, 2.75) is 32.7 Å². The lowest BCUT2D eigenvalue weighted by atomic mass is 10.2. The van der Waals surface area contributed by atoms with Gasteiger partial charge in [0.05, 0.1) is 10.5 Å². The van der Waals surface area contributed by atoms with Crippen LogP contribution >= 0.6 is 11.6 Å². The monoisotopic (exact) mass is 250 g/mol. The molecule has 2 aromatic rings. The summed E-state index contributed by atoms with van der Waals surface area (Å²) in [6, 6.07) is 8.72. The summed E-state index contributed by atoms with van der Waals surface area (Å²) in [5.41, 5.74) is 8.07. The van der Waals surface area contributed by atoms with Crippen LogP contribution in [0, 0.1) is 0 Å². The van der Waals surface area contributed by atoms with Crippen molar-refractivity contribution in [3.8, 4) is 0 Å². The van der Waals surface area contributed by atoms with Crippen LogP contribution in [0.1, 0.15) is 32.0 Å². The van der Waals surface area contributed by atoms with Crippen LogP contribution in [0.2, 0.25) is 5.02 Å². The average Bonchev–Trinajstić information content (AvgIpc) is 2.66. The van der Waals surface area contributed by atoms with Crippen molar-refractivity contribution in [2.75, 3.05) is 6.54 Å². The number of halogens is 1. The number of rotatable bonds is 4. The van der Waals surface area contributed by atoms with E-state index in [2.05, 4.69) is 30.5 Å². The summed E-state index contributed by atoms with van der Waals surface area (Å²) in [5.74, 6) is 0. The van der Waals surface area contributed by atoms with Crippen LogP contribution in [0.25, 0.3) is 10.9 Å². The van der Waals surface area contributed by atoms with E-state index in [0.29, 0.717) is 6.04 Å². The molecule has 2 rings (SSSR count). The highest BCUT2D eigenvalue weighted by molar-refractivity contribution is 6.35. The summed E-state index contributed by atoms with van der Waals surface area (Å²) in [5, 5.41) is 2.05. The lowest BCUT2D eigenvalue weighted by Crippen LogP contribution is -2.08. The third-order valence-corrected chi connectivity index (χ3v) is 3.35. The first kappa shape index (κ1) is 12.5. The minimum Gasteiger partial charge on any atom is -0.341 e. The number of benzene rings is 1. The lowest BCUT2D eigenvalue weighted by Gasteiger charge is -2.15. The maximum absolute atomic E-state index is 6.31. The zero-order chi connectivity index (χ0) is 12.4. The Balaban J connectivity index is 2.59. The zero-order valence-corrected chi connectivity index (χ0v) is 11.2. The fourth-order valence-electron chi connectivity index (χ4n) is 2.36. The van der Waals surface area contributed by atoms with E-state index in [-0.39, 0.29) is 0 Å². The van der Waals surface area contributed by atoms with Gasteiger partial charge in [-0.25, -0.2) is 0 Å². The quantitative estimate of drug-likeness (QED) is 0.880. The highest BCUT2D eigenvalue weighted by atomic mass is 35.5. The Morgan fingerprint density at radius 1 is 1.35 bits per heavy atom. The Hall–Kier alpha value is -0.990. The summed E-state index contributed by atoms with van der Waals surface area (Å²) >= 11 is 6.31. The molecule has 0 saturated carbocycles. The average molecular weight is 251 g/mol. The maximum Gasteiger partial charge on any atom is 0.0674 e. The fraction of sp³-hybridized carbons (Fsp3) is 0.429. The molecule has 2 N–H and O–H groups in total. The molecule has 0 aliphatic heterocycles. The van der Waals surface area contributed by atoms with Gasteiger partial charge in [0, 0.05) is 17.1 Å². The molecule has 0 radical (unpaired) electrons. The van der Waals surface area contributed by atoms with Crippen molar-refractivity contribution in [2.24, 2.45) is 5.73 Å². The van der Waals surface area contributed by atoms with Crippen molar-refractivity contribution in [1.29, 1.82) is 0 Å². The Kier molecular flexibility index (Phi) is 3.75. The first-order valence-electron chi connectivity index (χ1n) is 6.13. The molecular weight excluding hydrogens is 232 g/mol. The second-order valence-electron chi connectivity index (χ2n) is 4.67. The summed E-state index contributed by atoms with van der Waals surface area (Å²) < 4.78 is 2.33. The van der Waals surface area contributed by atoms with Gasteiger partial charge >= 0.3 is 0 Å². The van der Waals surface area contributed by atoms with Gasteiger partial charge in [-0.3, -0.25) is 0 Å². The number of aryl methyl sites for hydroxylation is 1. The minimum absolute atomic E-state index is 0.417. The summed E-state index contributed by atoms with van der Waals surface area (Å²) in [6.07, 6.45) is 2.03. The number of aromatic nitrogens is 1. The van der Waals surface area contributed by atoms with E-state index in [1.54, 1.807) is 0 Å². The van der Waals surface area contributed by atoms with Crippen molar-refractivity contribution in [3.05, 3.63) is 35.0 Å². The molecule has 0 unspecified atom stereocenters. The van der Waals surface area contributed by atoms with Crippen molar-refractivity contribution < 1.29 is 0 Å². The molecule has 1 aromatic carbocycles. The molecule has 0 aliphatic carbocycles. The summed E-state index contributed by atoms with van der Waals surface area (Å²) in [6.45, 7) is 5.11. The van der Waals surface area contributed by atoms with E-state index in [1.165, 1.54) is 11.1 Å². The van der Waals surface area contributed by atoms with Crippen LogP contribution in [-0.4, -0.2) is 11.1 Å². The van der Waals surface area contributed by atoms with E-state index in [1.807, 2.05) is 12.1 Å². The maximum atomic E-state index is 6.31. The van der Waals surface area contributed by atoms with Crippen LogP contribution < -0.4 is 5.73 Å². The fourth-order valence-corrected chi connectivity index (χ4v) is 2.63. The van der Waals surface area contributed by atoms with Crippen molar-refractivity contribution in [3.63, 3.8) is 0 Å². The number of nitrogens with two attached hydrogens (primary N) is 1. The van der Waals surface area contributed by atoms with Gasteiger partial charge in [-0.1, -0.05) is 23.7 Å².